The molecule has 0 aliphatic heterocycles. The SMILES string of the molecule is O=C(N/N=C/c1cc(Br)c(Sc2ccc(Cl)cc2)o1)Nc1cccc(Cl)c1. The molecule has 2 amide bonds. The first kappa shape index (κ1) is 19.8. The lowest BCUT2D eigenvalue weighted by Gasteiger charge is -2.03. The molecule has 27 heavy (non-hydrogen) atoms. The van der Waals surface area contributed by atoms with Crippen LogP contribution in [0.3, 0.4) is 0 Å². The van der Waals surface area contributed by atoms with E-state index >= 15 is 0 Å². The lowest BCUT2D eigenvalue weighted by molar-refractivity contribution is 0.252. The van der Waals surface area contributed by atoms with Crippen molar-refractivity contribution in [2.24, 2.45) is 5.10 Å². The molecule has 3 aromatic rings. The smallest absolute Gasteiger partial charge is 0.339 e. The van der Waals surface area contributed by atoms with E-state index < -0.39 is 6.03 Å². The van der Waals surface area contributed by atoms with Gasteiger partial charge in [0.15, 0.2) is 5.09 Å². The molecule has 3 rings (SSSR count). The van der Waals surface area contributed by atoms with Gasteiger partial charge in [-0.1, -0.05) is 41.0 Å². The van der Waals surface area contributed by atoms with Crippen molar-refractivity contribution < 1.29 is 9.21 Å². The fraction of sp³-hybridized carbons (Fsp3) is 0. The van der Waals surface area contributed by atoms with Crippen LogP contribution in [0.4, 0.5) is 10.5 Å². The van der Waals surface area contributed by atoms with Crippen molar-refractivity contribution in [3.8, 4) is 0 Å². The van der Waals surface area contributed by atoms with Gasteiger partial charge in [0.25, 0.3) is 0 Å². The standard InChI is InChI=1S/C18H12BrCl2N3O2S/c19-16-9-14(26-17(16)27-15-6-4-11(20)5-7-15)10-22-24-18(25)23-13-3-1-2-12(21)8-13/h1-10H,(H2,23,24,25)/b22-10+. The van der Waals surface area contributed by atoms with Crippen LogP contribution in [0.15, 0.2) is 78.6 Å². The molecule has 0 fully saturated rings. The first-order valence-corrected chi connectivity index (χ1v) is 9.94. The average molecular weight is 485 g/mol. The van der Waals surface area contributed by atoms with Gasteiger partial charge < -0.3 is 9.73 Å². The van der Waals surface area contributed by atoms with Gasteiger partial charge in [0.2, 0.25) is 0 Å². The molecule has 0 spiro atoms. The van der Waals surface area contributed by atoms with Gasteiger partial charge in [0.1, 0.15) is 5.76 Å². The molecule has 9 heteroatoms. The van der Waals surface area contributed by atoms with E-state index in [1.165, 1.54) is 18.0 Å². The molecule has 0 atom stereocenters. The molecule has 0 radical (unpaired) electrons. The fourth-order valence-corrected chi connectivity index (χ4v) is 3.64. The van der Waals surface area contributed by atoms with Crippen LogP contribution in [0.25, 0.3) is 0 Å². The minimum absolute atomic E-state index is 0.487. The van der Waals surface area contributed by atoms with Crippen molar-refractivity contribution >= 4 is 68.8 Å². The number of amides is 2. The Morgan fingerprint density at radius 1 is 1.11 bits per heavy atom. The number of nitrogens with zero attached hydrogens (tertiary/aromatic N) is 1. The number of hydrogen-bond donors (Lipinski definition) is 2. The van der Waals surface area contributed by atoms with E-state index in [9.17, 15) is 4.79 Å². The topological polar surface area (TPSA) is 66.6 Å². The number of furan rings is 1. The number of rotatable bonds is 5. The summed E-state index contributed by atoms with van der Waals surface area (Å²) in [6.45, 7) is 0. The van der Waals surface area contributed by atoms with E-state index in [2.05, 4.69) is 31.8 Å². The summed E-state index contributed by atoms with van der Waals surface area (Å²) in [5.74, 6) is 0.487. The third-order valence-electron chi connectivity index (χ3n) is 3.14. The van der Waals surface area contributed by atoms with Crippen LogP contribution >= 0.6 is 50.9 Å². The molecular formula is C18H12BrCl2N3O2S. The quantitative estimate of drug-likeness (QED) is 0.314. The molecule has 0 saturated carbocycles. The summed E-state index contributed by atoms with van der Waals surface area (Å²) in [4.78, 5) is 12.8. The monoisotopic (exact) mass is 483 g/mol. The molecule has 2 aromatic carbocycles. The fourth-order valence-electron chi connectivity index (χ4n) is 1.99. The van der Waals surface area contributed by atoms with Gasteiger partial charge in [-0.3, -0.25) is 0 Å². The Morgan fingerprint density at radius 2 is 1.89 bits per heavy atom. The van der Waals surface area contributed by atoms with Gasteiger partial charge in [0, 0.05) is 26.7 Å². The second-order valence-electron chi connectivity index (χ2n) is 5.17. The Kier molecular flexibility index (Phi) is 6.84. The molecule has 1 heterocycles. The van der Waals surface area contributed by atoms with Crippen LogP contribution in [-0.4, -0.2) is 12.2 Å². The summed E-state index contributed by atoms with van der Waals surface area (Å²) in [7, 11) is 0. The third kappa shape index (κ3) is 6.04. The number of carbonyl (C=O) groups is 1. The summed E-state index contributed by atoms with van der Waals surface area (Å²) >= 11 is 16.6. The zero-order valence-corrected chi connectivity index (χ0v) is 17.5. The minimum atomic E-state index is -0.491. The molecular weight excluding hydrogens is 473 g/mol. The van der Waals surface area contributed by atoms with Crippen LogP contribution in [0.5, 0.6) is 0 Å². The van der Waals surface area contributed by atoms with Gasteiger partial charge >= 0.3 is 6.03 Å². The summed E-state index contributed by atoms with van der Waals surface area (Å²) in [6, 6.07) is 15.5. The number of hydrazone groups is 1. The van der Waals surface area contributed by atoms with Gasteiger partial charge in [-0.25, -0.2) is 10.2 Å². The zero-order chi connectivity index (χ0) is 19.2. The number of urea groups is 1. The summed E-state index contributed by atoms with van der Waals surface area (Å²) in [6.07, 6.45) is 1.41. The molecule has 0 unspecified atom stereocenters. The van der Waals surface area contributed by atoms with Gasteiger partial charge in [-0.05, 0) is 58.4 Å². The number of anilines is 1. The lowest BCUT2D eigenvalue weighted by Crippen LogP contribution is -2.24. The maximum absolute atomic E-state index is 11.8. The maximum atomic E-state index is 11.8. The lowest BCUT2D eigenvalue weighted by atomic mass is 10.3. The predicted molar refractivity (Wildman–Crippen MR) is 113 cm³/mol. The second kappa shape index (κ2) is 9.32. The molecule has 2 N–H and O–H groups in total. The second-order valence-corrected chi connectivity index (χ2v) is 7.95. The Bertz CT molecular complexity index is 977. The number of carbonyl (C=O) groups excluding carboxylic acids is 1. The first-order valence-electron chi connectivity index (χ1n) is 7.58. The highest BCUT2D eigenvalue weighted by Gasteiger charge is 2.10. The van der Waals surface area contributed by atoms with E-state index in [1.54, 1.807) is 30.3 Å². The van der Waals surface area contributed by atoms with Crippen LogP contribution in [0, 0.1) is 0 Å². The van der Waals surface area contributed by atoms with E-state index in [0.717, 1.165) is 9.37 Å². The molecule has 0 bridgehead atoms. The molecule has 0 aliphatic carbocycles. The van der Waals surface area contributed by atoms with Crippen LogP contribution in [0.1, 0.15) is 5.76 Å². The van der Waals surface area contributed by atoms with Gasteiger partial charge in [0.05, 0.1) is 10.7 Å². The molecule has 5 nitrogen and oxygen atoms in total. The highest BCUT2D eigenvalue weighted by molar-refractivity contribution is 9.10. The number of hydrogen-bond acceptors (Lipinski definition) is 4. The minimum Gasteiger partial charge on any atom is -0.447 e. The third-order valence-corrected chi connectivity index (χ3v) is 5.47. The van der Waals surface area contributed by atoms with Crippen molar-refractivity contribution in [3.63, 3.8) is 0 Å². The molecule has 0 saturated heterocycles. The van der Waals surface area contributed by atoms with Crippen LogP contribution < -0.4 is 10.7 Å². The van der Waals surface area contributed by atoms with Crippen molar-refractivity contribution in [2.75, 3.05) is 5.32 Å². The Balaban J connectivity index is 1.57. The number of halogens is 3. The normalized spacial score (nSPS) is 10.9. The van der Waals surface area contributed by atoms with Crippen molar-refractivity contribution in [1.82, 2.24) is 5.43 Å². The highest BCUT2D eigenvalue weighted by atomic mass is 79.9. The van der Waals surface area contributed by atoms with Gasteiger partial charge in [-0.15, -0.1) is 0 Å². The van der Waals surface area contributed by atoms with Crippen LogP contribution in [-0.2, 0) is 0 Å². The molecule has 138 valence electrons. The predicted octanol–water partition coefficient (Wildman–Crippen LogP) is 6.66. The van der Waals surface area contributed by atoms with Crippen molar-refractivity contribution in [1.29, 1.82) is 0 Å². The zero-order valence-electron chi connectivity index (χ0n) is 13.6. The Hall–Kier alpha value is -1.93. The Morgan fingerprint density at radius 3 is 2.63 bits per heavy atom. The van der Waals surface area contributed by atoms with E-state index in [-0.39, 0.29) is 0 Å². The van der Waals surface area contributed by atoms with Crippen LogP contribution in [0.2, 0.25) is 10.0 Å². The van der Waals surface area contributed by atoms with Crippen molar-refractivity contribution in [3.05, 3.63) is 74.9 Å². The largest absolute Gasteiger partial charge is 0.447 e. The molecule has 0 aliphatic rings. The Labute approximate surface area is 178 Å². The maximum Gasteiger partial charge on any atom is 0.339 e. The summed E-state index contributed by atoms with van der Waals surface area (Å²) in [5, 5.41) is 8.36. The van der Waals surface area contributed by atoms with E-state index in [1.807, 2.05) is 24.3 Å². The average Bonchev–Trinajstić information content (AvgIpc) is 2.96. The first-order chi connectivity index (χ1) is 13.0. The van der Waals surface area contributed by atoms with Crippen molar-refractivity contribution in [2.45, 2.75) is 9.99 Å². The summed E-state index contributed by atoms with van der Waals surface area (Å²) in [5.41, 5.74) is 2.93. The van der Waals surface area contributed by atoms with Gasteiger partial charge in [-0.2, -0.15) is 5.10 Å². The molecule has 1 aromatic heterocycles. The highest BCUT2D eigenvalue weighted by Crippen LogP contribution is 2.35. The number of benzene rings is 2. The number of nitrogens with one attached hydrogen (secondary N) is 2. The summed E-state index contributed by atoms with van der Waals surface area (Å²) < 4.78 is 6.49. The van der Waals surface area contributed by atoms with E-state index in [0.29, 0.717) is 26.6 Å². The van der Waals surface area contributed by atoms with E-state index in [4.69, 9.17) is 27.6 Å².